The third-order valence-electron chi connectivity index (χ3n) is 7.28. The van der Waals surface area contributed by atoms with E-state index in [-0.39, 0.29) is 6.04 Å². The van der Waals surface area contributed by atoms with E-state index < -0.39 is 11.9 Å². The Kier molecular flexibility index (Phi) is 5.29. The maximum Gasteiger partial charge on any atom is 0.433 e. The SMILES string of the molecule is Cc1c[nH]c2ncc(-c3cc4c(c([C@@H]5CCCN5)c3)CN(c3ccnc(C(F)(F)F)c3)CC4)cc12. The Bertz CT molecular complexity index is 1400. The zero-order valence-electron chi connectivity index (χ0n) is 19.4. The predicted molar refractivity (Wildman–Crippen MR) is 130 cm³/mol. The van der Waals surface area contributed by atoms with Crippen LogP contribution in [0.15, 0.2) is 48.9 Å². The zero-order valence-corrected chi connectivity index (χ0v) is 19.4. The Balaban J connectivity index is 1.41. The zero-order chi connectivity index (χ0) is 24.2. The Morgan fingerprint density at radius 3 is 2.77 bits per heavy atom. The molecule has 1 aromatic carbocycles. The molecular formula is C27H26F3N5. The molecule has 3 aromatic heterocycles. The number of hydrogen-bond donors (Lipinski definition) is 2. The quantitative estimate of drug-likeness (QED) is 0.384. The average Bonchev–Trinajstić information content (AvgIpc) is 3.53. The van der Waals surface area contributed by atoms with E-state index >= 15 is 0 Å². The summed E-state index contributed by atoms with van der Waals surface area (Å²) in [4.78, 5) is 13.4. The van der Waals surface area contributed by atoms with E-state index in [0.29, 0.717) is 18.8 Å². The standard InChI is InChI=1S/C27H26F3N5/c1-16-13-33-26-21(16)11-19(14-34-26)18-9-17-5-8-35(20-4-7-32-25(12-20)27(28,29)30)15-23(17)22(10-18)24-3-2-6-31-24/h4,7,9-14,24,31H,2-3,5-6,8,15H2,1H3,(H,33,34)/t24-/m0/s1. The van der Waals surface area contributed by atoms with Crippen molar-refractivity contribution in [3.63, 3.8) is 0 Å². The van der Waals surface area contributed by atoms with Crippen molar-refractivity contribution >= 4 is 16.7 Å². The lowest BCUT2D eigenvalue weighted by Crippen LogP contribution is -2.32. The molecule has 0 saturated carbocycles. The molecule has 5 nitrogen and oxygen atoms in total. The van der Waals surface area contributed by atoms with Crippen LogP contribution in [0.4, 0.5) is 18.9 Å². The fourth-order valence-corrected chi connectivity index (χ4v) is 5.41. The molecule has 1 saturated heterocycles. The van der Waals surface area contributed by atoms with Crippen molar-refractivity contribution in [2.75, 3.05) is 18.0 Å². The van der Waals surface area contributed by atoms with E-state index in [1.165, 1.54) is 22.9 Å². The molecule has 180 valence electrons. The molecule has 1 atom stereocenters. The van der Waals surface area contributed by atoms with Crippen molar-refractivity contribution in [2.45, 2.75) is 44.9 Å². The first-order valence-corrected chi connectivity index (χ1v) is 12.0. The minimum Gasteiger partial charge on any atom is -0.367 e. The summed E-state index contributed by atoms with van der Waals surface area (Å²) in [5.41, 5.74) is 7.70. The number of aryl methyl sites for hydroxylation is 1. The van der Waals surface area contributed by atoms with Gasteiger partial charge >= 0.3 is 6.18 Å². The monoisotopic (exact) mass is 477 g/mol. The van der Waals surface area contributed by atoms with E-state index in [1.807, 2.05) is 17.3 Å². The lowest BCUT2D eigenvalue weighted by molar-refractivity contribution is -0.141. The molecule has 2 N–H and O–H groups in total. The summed E-state index contributed by atoms with van der Waals surface area (Å²) in [6.45, 7) is 4.29. The van der Waals surface area contributed by atoms with E-state index in [2.05, 4.69) is 45.4 Å². The van der Waals surface area contributed by atoms with Gasteiger partial charge in [0.2, 0.25) is 0 Å². The molecule has 0 radical (unpaired) electrons. The van der Waals surface area contributed by atoms with Crippen molar-refractivity contribution in [1.82, 2.24) is 20.3 Å². The highest BCUT2D eigenvalue weighted by molar-refractivity contribution is 5.84. The van der Waals surface area contributed by atoms with Crippen LogP contribution in [0.5, 0.6) is 0 Å². The van der Waals surface area contributed by atoms with Crippen LogP contribution in [0.2, 0.25) is 0 Å². The molecule has 6 rings (SSSR count). The van der Waals surface area contributed by atoms with Crippen LogP contribution in [0, 0.1) is 6.92 Å². The van der Waals surface area contributed by atoms with Gasteiger partial charge in [0.25, 0.3) is 0 Å². The molecule has 4 aromatic rings. The van der Waals surface area contributed by atoms with Crippen molar-refractivity contribution in [1.29, 1.82) is 0 Å². The van der Waals surface area contributed by atoms with Gasteiger partial charge in [-0.1, -0.05) is 6.07 Å². The second-order valence-electron chi connectivity index (χ2n) is 9.51. The van der Waals surface area contributed by atoms with Crippen molar-refractivity contribution in [3.05, 3.63) is 76.9 Å². The number of alkyl halides is 3. The van der Waals surface area contributed by atoms with Gasteiger partial charge in [0, 0.05) is 54.4 Å². The van der Waals surface area contributed by atoms with Crippen LogP contribution in [0.1, 0.15) is 46.8 Å². The number of anilines is 1. The van der Waals surface area contributed by atoms with Crippen LogP contribution in [-0.2, 0) is 19.1 Å². The van der Waals surface area contributed by atoms with Crippen LogP contribution in [-0.4, -0.2) is 28.0 Å². The van der Waals surface area contributed by atoms with E-state index in [0.717, 1.165) is 59.6 Å². The van der Waals surface area contributed by atoms with Gasteiger partial charge in [0.15, 0.2) is 0 Å². The van der Waals surface area contributed by atoms with Crippen molar-refractivity contribution < 1.29 is 13.2 Å². The summed E-state index contributed by atoms with van der Waals surface area (Å²) in [5, 5.41) is 4.74. The topological polar surface area (TPSA) is 56.8 Å². The summed E-state index contributed by atoms with van der Waals surface area (Å²) in [6.07, 6.45) is 3.62. The minimum atomic E-state index is -4.45. The Morgan fingerprint density at radius 1 is 1.09 bits per heavy atom. The second kappa shape index (κ2) is 8.37. The summed E-state index contributed by atoms with van der Waals surface area (Å²) in [7, 11) is 0. The maximum atomic E-state index is 13.3. The fraction of sp³-hybridized carbons (Fsp3) is 0.333. The second-order valence-corrected chi connectivity index (χ2v) is 9.51. The Hall–Kier alpha value is -3.39. The van der Waals surface area contributed by atoms with E-state index in [9.17, 15) is 13.2 Å². The lowest BCUT2D eigenvalue weighted by atomic mass is 9.87. The summed E-state index contributed by atoms with van der Waals surface area (Å²) < 4.78 is 39.8. The highest BCUT2D eigenvalue weighted by Crippen LogP contribution is 2.38. The first-order valence-electron chi connectivity index (χ1n) is 12.0. The number of H-pyrrole nitrogens is 1. The minimum absolute atomic E-state index is 0.248. The predicted octanol–water partition coefficient (Wildman–Crippen LogP) is 5.94. The number of fused-ring (bicyclic) bond motifs is 2. The highest BCUT2D eigenvalue weighted by atomic mass is 19.4. The number of nitrogens with zero attached hydrogens (tertiary/aromatic N) is 3. The molecular weight excluding hydrogens is 451 g/mol. The highest BCUT2D eigenvalue weighted by Gasteiger charge is 2.33. The first kappa shape index (κ1) is 22.1. The van der Waals surface area contributed by atoms with E-state index in [4.69, 9.17) is 0 Å². The van der Waals surface area contributed by atoms with Crippen LogP contribution >= 0.6 is 0 Å². The largest absolute Gasteiger partial charge is 0.433 e. The van der Waals surface area contributed by atoms with Gasteiger partial charge in [-0.25, -0.2) is 4.98 Å². The van der Waals surface area contributed by atoms with Gasteiger partial charge in [-0.15, -0.1) is 0 Å². The third-order valence-corrected chi connectivity index (χ3v) is 7.28. The lowest BCUT2D eigenvalue weighted by Gasteiger charge is -2.34. The number of rotatable bonds is 3. The average molecular weight is 478 g/mol. The molecule has 0 aliphatic carbocycles. The Morgan fingerprint density at radius 2 is 1.97 bits per heavy atom. The maximum absolute atomic E-state index is 13.3. The molecule has 0 spiro atoms. The summed E-state index contributed by atoms with van der Waals surface area (Å²) in [6, 6.07) is 9.76. The van der Waals surface area contributed by atoms with Crippen LogP contribution < -0.4 is 10.2 Å². The van der Waals surface area contributed by atoms with Crippen molar-refractivity contribution in [2.24, 2.45) is 0 Å². The van der Waals surface area contributed by atoms with Crippen molar-refractivity contribution in [3.8, 4) is 11.1 Å². The number of benzene rings is 1. The number of pyridine rings is 2. The molecule has 35 heavy (non-hydrogen) atoms. The first-order chi connectivity index (χ1) is 16.9. The Labute approximate surface area is 201 Å². The number of halogens is 3. The van der Waals surface area contributed by atoms with Gasteiger partial charge in [-0.2, -0.15) is 13.2 Å². The van der Waals surface area contributed by atoms with Gasteiger partial charge in [-0.05, 0) is 84.8 Å². The molecule has 2 aliphatic heterocycles. The van der Waals surface area contributed by atoms with Crippen LogP contribution in [0.3, 0.4) is 0 Å². The number of nitrogens with one attached hydrogen (secondary N) is 2. The molecule has 8 heteroatoms. The van der Waals surface area contributed by atoms with Gasteiger partial charge in [0.05, 0.1) is 0 Å². The molecule has 0 unspecified atom stereocenters. The summed E-state index contributed by atoms with van der Waals surface area (Å²) in [5.74, 6) is 0. The third kappa shape index (κ3) is 4.05. The molecule has 2 aliphatic rings. The molecule has 5 heterocycles. The number of hydrogen-bond acceptors (Lipinski definition) is 4. The molecule has 1 fully saturated rings. The fourth-order valence-electron chi connectivity index (χ4n) is 5.41. The smallest absolute Gasteiger partial charge is 0.367 e. The van der Waals surface area contributed by atoms with Gasteiger partial charge < -0.3 is 15.2 Å². The van der Waals surface area contributed by atoms with Gasteiger partial charge in [0.1, 0.15) is 11.3 Å². The molecule has 0 amide bonds. The summed E-state index contributed by atoms with van der Waals surface area (Å²) >= 11 is 0. The molecule has 0 bridgehead atoms. The normalized spacial score (nSPS) is 18.3. The van der Waals surface area contributed by atoms with E-state index in [1.54, 1.807) is 6.07 Å². The number of aromatic nitrogens is 3. The number of aromatic amines is 1. The van der Waals surface area contributed by atoms with Gasteiger partial charge in [-0.3, -0.25) is 4.98 Å². The van der Waals surface area contributed by atoms with Crippen LogP contribution in [0.25, 0.3) is 22.2 Å².